The molecular weight excluding hydrogens is 260 g/mol. The zero-order chi connectivity index (χ0) is 14.4. The van der Waals surface area contributed by atoms with E-state index in [4.69, 9.17) is 9.84 Å². The van der Waals surface area contributed by atoms with Crippen molar-refractivity contribution in [3.8, 4) is 5.75 Å². The highest BCUT2D eigenvalue weighted by Gasteiger charge is 2.10. The van der Waals surface area contributed by atoms with Gasteiger partial charge in [-0.1, -0.05) is 18.2 Å². The minimum absolute atomic E-state index is 0.105. The number of aliphatic carboxylic acids is 1. The summed E-state index contributed by atoms with van der Waals surface area (Å²) in [5, 5.41) is 20.2. The molecule has 1 aromatic heterocycles. The standard InChI is InChI=1S/C13H16N4O3/c1-20-11-6-3-2-5-10(11)9-12-14-15-16-17(12)8-4-7-13(18)19/h2-3,5-6H,4,7-9H2,1H3,(H,18,19). The van der Waals surface area contributed by atoms with Crippen LogP contribution in [0.2, 0.25) is 0 Å². The van der Waals surface area contributed by atoms with Gasteiger partial charge in [-0.2, -0.15) is 0 Å². The van der Waals surface area contributed by atoms with Gasteiger partial charge in [0.05, 0.1) is 7.11 Å². The van der Waals surface area contributed by atoms with Crippen molar-refractivity contribution in [2.24, 2.45) is 0 Å². The molecule has 7 nitrogen and oxygen atoms in total. The summed E-state index contributed by atoms with van der Waals surface area (Å²) in [6.45, 7) is 0.490. The van der Waals surface area contributed by atoms with Crippen molar-refractivity contribution >= 4 is 5.97 Å². The highest BCUT2D eigenvalue weighted by Crippen LogP contribution is 2.19. The molecule has 2 aromatic rings. The quantitative estimate of drug-likeness (QED) is 0.815. The summed E-state index contributed by atoms with van der Waals surface area (Å²) in [7, 11) is 1.62. The Morgan fingerprint density at radius 3 is 2.95 bits per heavy atom. The number of carboxylic acids is 1. The van der Waals surface area contributed by atoms with Gasteiger partial charge >= 0.3 is 5.97 Å². The lowest BCUT2D eigenvalue weighted by Gasteiger charge is -2.08. The van der Waals surface area contributed by atoms with Gasteiger partial charge in [-0.3, -0.25) is 4.79 Å². The first-order valence-electron chi connectivity index (χ1n) is 6.29. The molecule has 0 amide bonds. The maximum atomic E-state index is 10.5. The third-order valence-corrected chi connectivity index (χ3v) is 2.91. The Kier molecular flexibility index (Phi) is 4.65. The number of para-hydroxylation sites is 1. The Balaban J connectivity index is 2.06. The van der Waals surface area contributed by atoms with Gasteiger partial charge in [0.2, 0.25) is 0 Å². The second-order valence-electron chi connectivity index (χ2n) is 4.30. The van der Waals surface area contributed by atoms with Gasteiger partial charge in [0.25, 0.3) is 0 Å². The SMILES string of the molecule is COc1ccccc1Cc1nnnn1CCCC(=O)O. The number of rotatable bonds is 7. The topological polar surface area (TPSA) is 90.1 Å². The Morgan fingerprint density at radius 1 is 1.40 bits per heavy atom. The molecule has 20 heavy (non-hydrogen) atoms. The Bertz CT molecular complexity index is 583. The van der Waals surface area contributed by atoms with Gasteiger partial charge in [0.15, 0.2) is 5.82 Å². The van der Waals surface area contributed by atoms with Crippen LogP contribution >= 0.6 is 0 Å². The highest BCUT2D eigenvalue weighted by molar-refractivity contribution is 5.66. The smallest absolute Gasteiger partial charge is 0.303 e. The lowest BCUT2D eigenvalue weighted by atomic mass is 10.1. The molecule has 0 radical (unpaired) electrons. The lowest BCUT2D eigenvalue weighted by Crippen LogP contribution is -2.08. The van der Waals surface area contributed by atoms with Crippen LogP contribution in [0.5, 0.6) is 5.75 Å². The monoisotopic (exact) mass is 276 g/mol. The van der Waals surface area contributed by atoms with Crippen LogP contribution < -0.4 is 4.74 Å². The van der Waals surface area contributed by atoms with Gasteiger partial charge in [-0.25, -0.2) is 4.68 Å². The first-order valence-corrected chi connectivity index (χ1v) is 6.29. The van der Waals surface area contributed by atoms with Crippen molar-refractivity contribution in [3.63, 3.8) is 0 Å². The summed E-state index contributed by atoms with van der Waals surface area (Å²) in [6.07, 6.45) is 1.15. The van der Waals surface area contributed by atoms with Crippen molar-refractivity contribution in [3.05, 3.63) is 35.7 Å². The number of methoxy groups -OCH3 is 1. The Hall–Kier alpha value is -2.44. The molecule has 2 rings (SSSR count). The maximum absolute atomic E-state index is 10.5. The second-order valence-corrected chi connectivity index (χ2v) is 4.30. The fraction of sp³-hybridized carbons (Fsp3) is 0.385. The first kappa shape index (κ1) is 14.0. The van der Waals surface area contributed by atoms with Crippen LogP contribution in [0.15, 0.2) is 24.3 Å². The normalized spacial score (nSPS) is 10.4. The van der Waals surface area contributed by atoms with Crippen molar-refractivity contribution in [2.75, 3.05) is 7.11 Å². The number of hydrogen-bond acceptors (Lipinski definition) is 5. The molecule has 7 heteroatoms. The van der Waals surface area contributed by atoms with E-state index >= 15 is 0 Å². The van der Waals surface area contributed by atoms with E-state index in [1.54, 1.807) is 11.8 Å². The minimum atomic E-state index is -0.815. The van der Waals surface area contributed by atoms with Crippen molar-refractivity contribution in [1.29, 1.82) is 0 Å². The summed E-state index contributed by atoms with van der Waals surface area (Å²) >= 11 is 0. The molecule has 0 unspecified atom stereocenters. The third kappa shape index (κ3) is 3.53. The molecule has 0 bridgehead atoms. The molecule has 0 atom stereocenters. The van der Waals surface area contributed by atoms with Crippen molar-refractivity contribution in [2.45, 2.75) is 25.8 Å². The van der Waals surface area contributed by atoms with Crippen LogP contribution in [0.4, 0.5) is 0 Å². The number of benzene rings is 1. The van der Waals surface area contributed by atoms with E-state index in [1.165, 1.54) is 0 Å². The fourth-order valence-corrected chi connectivity index (χ4v) is 1.92. The van der Waals surface area contributed by atoms with E-state index in [1.807, 2.05) is 24.3 Å². The number of ether oxygens (including phenoxy) is 1. The number of aryl methyl sites for hydroxylation is 1. The molecule has 0 aliphatic heterocycles. The van der Waals surface area contributed by atoms with Gasteiger partial charge in [0, 0.05) is 24.9 Å². The van der Waals surface area contributed by atoms with Gasteiger partial charge in [-0.15, -0.1) is 5.10 Å². The van der Waals surface area contributed by atoms with E-state index in [9.17, 15) is 4.79 Å². The number of nitrogens with zero attached hydrogens (tertiary/aromatic N) is 4. The Labute approximate surface area is 116 Å². The Morgan fingerprint density at radius 2 is 2.20 bits per heavy atom. The molecule has 1 N–H and O–H groups in total. The highest BCUT2D eigenvalue weighted by atomic mass is 16.5. The van der Waals surface area contributed by atoms with E-state index in [-0.39, 0.29) is 6.42 Å². The van der Waals surface area contributed by atoms with Crippen molar-refractivity contribution < 1.29 is 14.6 Å². The summed E-state index contributed by atoms with van der Waals surface area (Å²) in [4.78, 5) is 10.5. The molecule has 0 aliphatic carbocycles. The number of carboxylic acid groups (broad SMARTS) is 1. The molecule has 106 valence electrons. The summed E-state index contributed by atoms with van der Waals surface area (Å²) in [5.41, 5.74) is 0.990. The molecule has 0 saturated carbocycles. The summed E-state index contributed by atoms with van der Waals surface area (Å²) in [6, 6.07) is 7.66. The van der Waals surface area contributed by atoms with Crippen LogP contribution in [0.1, 0.15) is 24.2 Å². The van der Waals surface area contributed by atoms with Crippen LogP contribution in [-0.4, -0.2) is 38.4 Å². The molecule has 0 saturated heterocycles. The van der Waals surface area contributed by atoms with E-state index < -0.39 is 5.97 Å². The zero-order valence-corrected chi connectivity index (χ0v) is 11.2. The molecule has 0 spiro atoms. The number of tetrazole rings is 1. The maximum Gasteiger partial charge on any atom is 0.303 e. The van der Waals surface area contributed by atoms with E-state index in [2.05, 4.69) is 15.5 Å². The average Bonchev–Trinajstić information content (AvgIpc) is 2.86. The summed E-state index contributed by atoms with van der Waals surface area (Å²) in [5.74, 6) is 0.664. The van der Waals surface area contributed by atoms with E-state index in [0.29, 0.717) is 25.2 Å². The second kappa shape index (κ2) is 6.65. The van der Waals surface area contributed by atoms with Gasteiger partial charge in [0.1, 0.15) is 5.75 Å². The third-order valence-electron chi connectivity index (χ3n) is 2.91. The van der Waals surface area contributed by atoms with Gasteiger partial charge in [-0.05, 0) is 22.9 Å². The fourth-order valence-electron chi connectivity index (χ4n) is 1.92. The average molecular weight is 276 g/mol. The zero-order valence-electron chi connectivity index (χ0n) is 11.2. The van der Waals surface area contributed by atoms with Gasteiger partial charge < -0.3 is 9.84 Å². The molecule has 1 heterocycles. The first-order chi connectivity index (χ1) is 9.70. The predicted octanol–water partition coefficient (Wildman–Crippen LogP) is 1.14. The minimum Gasteiger partial charge on any atom is -0.496 e. The predicted molar refractivity (Wildman–Crippen MR) is 70.5 cm³/mol. The molecule has 0 fully saturated rings. The molecular formula is C13H16N4O3. The largest absolute Gasteiger partial charge is 0.496 e. The molecule has 1 aromatic carbocycles. The van der Waals surface area contributed by atoms with Crippen LogP contribution in [0.25, 0.3) is 0 Å². The van der Waals surface area contributed by atoms with Crippen LogP contribution in [0, 0.1) is 0 Å². The van der Waals surface area contributed by atoms with E-state index in [0.717, 1.165) is 11.3 Å². The number of aromatic nitrogens is 4. The number of carbonyl (C=O) groups is 1. The summed E-state index contributed by atoms with van der Waals surface area (Å²) < 4.78 is 6.93. The van der Waals surface area contributed by atoms with Crippen LogP contribution in [0.3, 0.4) is 0 Å². The lowest BCUT2D eigenvalue weighted by molar-refractivity contribution is -0.137. The molecule has 0 aliphatic rings. The van der Waals surface area contributed by atoms with Crippen LogP contribution in [-0.2, 0) is 17.8 Å². The van der Waals surface area contributed by atoms with Crippen molar-refractivity contribution in [1.82, 2.24) is 20.2 Å². The number of hydrogen-bond donors (Lipinski definition) is 1.